The maximum Gasteiger partial charge on any atom is 0.254 e. The van der Waals surface area contributed by atoms with Crippen molar-refractivity contribution in [1.29, 1.82) is 0 Å². The normalized spacial score (nSPS) is 16.8. The van der Waals surface area contributed by atoms with Crippen LogP contribution in [0.25, 0.3) is 11.4 Å². The predicted molar refractivity (Wildman–Crippen MR) is 98.6 cm³/mol. The van der Waals surface area contributed by atoms with E-state index in [2.05, 4.69) is 17.1 Å². The molecule has 1 saturated heterocycles. The number of likely N-dealkylation sites (tertiary alicyclic amines) is 1. The summed E-state index contributed by atoms with van der Waals surface area (Å²) in [6, 6.07) is 17.4. The minimum absolute atomic E-state index is 0.0228. The third-order valence-electron chi connectivity index (χ3n) is 4.88. The van der Waals surface area contributed by atoms with Crippen molar-refractivity contribution in [3.63, 3.8) is 0 Å². The molecular formula is C21H21N3O2. The molecule has 0 radical (unpaired) electrons. The second kappa shape index (κ2) is 7.12. The number of rotatable bonds is 4. The molecule has 4 rings (SSSR count). The number of carbonyl (C=O) groups excluding carboxylic acids is 1. The van der Waals surface area contributed by atoms with E-state index in [0.29, 0.717) is 23.8 Å². The lowest BCUT2D eigenvalue weighted by Crippen LogP contribution is -2.30. The fourth-order valence-electron chi connectivity index (χ4n) is 3.39. The Hall–Kier alpha value is -2.95. The fraction of sp³-hybridized carbons (Fsp3) is 0.286. The third kappa shape index (κ3) is 3.12. The molecule has 0 saturated carbocycles. The molecule has 2 aromatic carbocycles. The first-order valence-corrected chi connectivity index (χ1v) is 9.05. The van der Waals surface area contributed by atoms with Gasteiger partial charge in [0, 0.05) is 17.7 Å². The van der Waals surface area contributed by atoms with Gasteiger partial charge in [0.25, 0.3) is 5.91 Å². The Bertz CT molecular complexity index is 887. The van der Waals surface area contributed by atoms with E-state index in [9.17, 15) is 4.79 Å². The quantitative estimate of drug-likeness (QED) is 0.707. The Morgan fingerprint density at radius 2 is 1.92 bits per heavy atom. The second-order valence-electron chi connectivity index (χ2n) is 6.53. The van der Waals surface area contributed by atoms with E-state index < -0.39 is 0 Å². The average Bonchev–Trinajstić information content (AvgIpc) is 3.37. The molecular weight excluding hydrogens is 326 g/mol. The summed E-state index contributed by atoms with van der Waals surface area (Å²) in [4.78, 5) is 19.3. The average molecular weight is 347 g/mol. The maximum absolute atomic E-state index is 12.9. The van der Waals surface area contributed by atoms with Gasteiger partial charge < -0.3 is 9.42 Å². The van der Waals surface area contributed by atoms with Crippen LogP contribution < -0.4 is 0 Å². The lowest BCUT2D eigenvalue weighted by atomic mass is 10.1. The van der Waals surface area contributed by atoms with Crippen molar-refractivity contribution in [2.24, 2.45) is 0 Å². The molecule has 1 fully saturated rings. The molecule has 5 nitrogen and oxygen atoms in total. The first-order valence-electron chi connectivity index (χ1n) is 9.05. The molecule has 1 aliphatic rings. The number of carbonyl (C=O) groups is 1. The number of nitrogens with zero attached hydrogens (tertiary/aromatic N) is 3. The smallest absolute Gasteiger partial charge is 0.254 e. The minimum atomic E-state index is -0.154. The number of hydrogen-bond acceptors (Lipinski definition) is 4. The van der Waals surface area contributed by atoms with Crippen molar-refractivity contribution in [2.75, 3.05) is 6.54 Å². The monoisotopic (exact) mass is 347 g/mol. The van der Waals surface area contributed by atoms with Gasteiger partial charge >= 0.3 is 0 Å². The molecule has 0 aliphatic carbocycles. The first-order chi connectivity index (χ1) is 12.8. The van der Waals surface area contributed by atoms with Crippen LogP contribution in [0.15, 0.2) is 59.1 Å². The van der Waals surface area contributed by atoms with Crippen molar-refractivity contribution >= 4 is 5.91 Å². The van der Waals surface area contributed by atoms with Gasteiger partial charge in [0.2, 0.25) is 11.7 Å². The number of amides is 1. The molecule has 1 aliphatic heterocycles. The molecule has 132 valence electrons. The highest BCUT2D eigenvalue weighted by Crippen LogP contribution is 2.33. The Labute approximate surface area is 152 Å². The van der Waals surface area contributed by atoms with Crippen molar-refractivity contribution in [3.8, 4) is 11.4 Å². The standard InChI is InChI=1S/C21H21N3O2/c1-2-15-10-12-17(13-11-15)21(25)24-14-6-9-18(24)20-22-19(23-26-20)16-7-4-3-5-8-16/h3-5,7-8,10-13,18H,2,6,9,14H2,1H3. The van der Waals surface area contributed by atoms with Crippen LogP contribution in [-0.4, -0.2) is 27.5 Å². The summed E-state index contributed by atoms with van der Waals surface area (Å²) >= 11 is 0. The first kappa shape index (κ1) is 16.5. The van der Waals surface area contributed by atoms with Crippen molar-refractivity contribution < 1.29 is 9.32 Å². The molecule has 0 spiro atoms. The van der Waals surface area contributed by atoms with E-state index in [1.807, 2.05) is 59.5 Å². The maximum atomic E-state index is 12.9. The van der Waals surface area contributed by atoms with Crippen LogP contribution in [-0.2, 0) is 6.42 Å². The largest absolute Gasteiger partial charge is 0.337 e. The van der Waals surface area contributed by atoms with Gasteiger partial charge in [-0.25, -0.2) is 0 Å². The molecule has 2 heterocycles. The van der Waals surface area contributed by atoms with Crippen molar-refractivity contribution in [2.45, 2.75) is 32.2 Å². The highest BCUT2D eigenvalue weighted by molar-refractivity contribution is 5.94. The van der Waals surface area contributed by atoms with Crippen LogP contribution >= 0.6 is 0 Å². The van der Waals surface area contributed by atoms with Gasteiger partial charge in [-0.3, -0.25) is 4.79 Å². The summed E-state index contributed by atoms with van der Waals surface area (Å²) in [6.07, 6.45) is 2.74. The van der Waals surface area contributed by atoms with Gasteiger partial charge in [-0.15, -0.1) is 0 Å². The van der Waals surface area contributed by atoms with E-state index in [4.69, 9.17) is 4.52 Å². The SMILES string of the molecule is CCc1ccc(C(=O)N2CCCC2c2nc(-c3ccccc3)no2)cc1. The van der Waals surface area contributed by atoms with E-state index in [0.717, 1.165) is 24.8 Å². The molecule has 0 bridgehead atoms. The second-order valence-corrected chi connectivity index (χ2v) is 6.53. The molecule has 1 amide bonds. The molecule has 1 atom stereocenters. The fourth-order valence-corrected chi connectivity index (χ4v) is 3.39. The van der Waals surface area contributed by atoms with Crippen molar-refractivity contribution in [3.05, 3.63) is 71.6 Å². The summed E-state index contributed by atoms with van der Waals surface area (Å²) in [5, 5.41) is 4.10. The molecule has 1 unspecified atom stereocenters. The summed E-state index contributed by atoms with van der Waals surface area (Å²) in [6.45, 7) is 2.81. The Morgan fingerprint density at radius 1 is 1.15 bits per heavy atom. The molecule has 26 heavy (non-hydrogen) atoms. The topological polar surface area (TPSA) is 59.2 Å². The predicted octanol–water partition coefficient (Wildman–Crippen LogP) is 4.28. The zero-order valence-corrected chi connectivity index (χ0v) is 14.8. The Kier molecular flexibility index (Phi) is 4.52. The zero-order chi connectivity index (χ0) is 17.9. The van der Waals surface area contributed by atoms with Crippen LogP contribution in [0.2, 0.25) is 0 Å². The van der Waals surface area contributed by atoms with Gasteiger partial charge in [0.1, 0.15) is 6.04 Å². The highest BCUT2D eigenvalue weighted by atomic mass is 16.5. The summed E-state index contributed by atoms with van der Waals surface area (Å²) < 4.78 is 5.50. The van der Waals surface area contributed by atoms with Gasteiger partial charge in [-0.1, -0.05) is 54.5 Å². The molecule has 1 aromatic heterocycles. The lowest BCUT2D eigenvalue weighted by molar-refractivity contribution is 0.0710. The van der Waals surface area contributed by atoms with Crippen LogP contribution in [0.4, 0.5) is 0 Å². The molecule has 5 heteroatoms. The number of hydrogen-bond donors (Lipinski definition) is 0. The summed E-state index contributed by atoms with van der Waals surface area (Å²) in [7, 11) is 0. The number of aromatic nitrogens is 2. The van der Waals surface area contributed by atoms with Crippen molar-refractivity contribution in [1.82, 2.24) is 15.0 Å². The van der Waals surface area contributed by atoms with Crippen LogP contribution in [0.5, 0.6) is 0 Å². The van der Waals surface area contributed by atoms with E-state index in [-0.39, 0.29) is 11.9 Å². The van der Waals surface area contributed by atoms with Gasteiger partial charge in [0.05, 0.1) is 0 Å². The Morgan fingerprint density at radius 3 is 2.65 bits per heavy atom. The van der Waals surface area contributed by atoms with E-state index in [1.165, 1.54) is 5.56 Å². The minimum Gasteiger partial charge on any atom is -0.337 e. The summed E-state index contributed by atoms with van der Waals surface area (Å²) in [5.74, 6) is 1.10. The van der Waals surface area contributed by atoms with E-state index >= 15 is 0 Å². The van der Waals surface area contributed by atoms with Gasteiger partial charge in [0.15, 0.2) is 0 Å². The third-order valence-corrected chi connectivity index (χ3v) is 4.88. The van der Waals surface area contributed by atoms with Gasteiger partial charge in [-0.05, 0) is 37.0 Å². The molecule has 3 aromatic rings. The zero-order valence-electron chi connectivity index (χ0n) is 14.8. The lowest BCUT2D eigenvalue weighted by Gasteiger charge is -2.22. The summed E-state index contributed by atoms with van der Waals surface area (Å²) in [5.41, 5.74) is 2.84. The highest BCUT2D eigenvalue weighted by Gasteiger charge is 2.34. The van der Waals surface area contributed by atoms with E-state index in [1.54, 1.807) is 0 Å². The van der Waals surface area contributed by atoms with Crippen LogP contribution in [0, 0.1) is 0 Å². The molecule has 0 N–H and O–H groups in total. The number of aryl methyl sites for hydroxylation is 1. The van der Waals surface area contributed by atoms with Gasteiger partial charge in [-0.2, -0.15) is 4.98 Å². The Balaban J connectivity index is 1.56. The number of benzene rings is 2. The van der Waals surface area contributed by atoms with Crippen LogP contribution in [0.1, 0.15) is 47.6 Å². The van der Waals surface area contributed by atoms with Crippen LogP contribution in [0.3, 0.4) is 0 Å².